The number of esters is 1. The highest BCUT2D eigenvalue weighted by atomic mass is 32.2. The van der Waals surface area contributed by atoms with E-state index in [0.29, 0.717) is 37.4 Å². The van der Waals surface area contributed by atoms with Crippen LogP contribution in [0.1, 0.15) is 26.3 Å². The Morgan fingerprint density at radius 3 is 2.37 bits per heavy atom. The molecule has 160 valence electrons. The largest absolute Gasteiger partial charge is 0.465 e. The molecule has 1 aliphatic rings. The summed E-state index contributed by atoms with van der Waals surface area (Å²) in [4.78, 5) is 26.7. The number of nitrogens with zero attached hydrogens (tertiary/aromatic N) is 2. The number of rotatable bonds is 5. The van der Waals surface area contributed by atoms with E-state index in [1.807, 2.05) is 7.05 Å². The van der Waals surface area contributed by atoms with Crippen LogP contribution in [0.3, 0.4) is 0 Å². The number of hydrogen-bond acceptors (Lipinski definition) is 6. The molecule has 9 heteroatoms. The topological polar surface area (TPSA) is 96.0 Å². The smallest absolute Gasteiger partial charge is 0.337 e. The molecule has 0 aliphatic carbocycles. The Morgan fingerprint density at radius 2 is 1.70 bits per heavy atom. The highest BCUT2D eigenvalue weighted by Crippen LogP contribution is 2.21. The van der Waals surface area contributed by atoms with E-state index >= 15 is 0 Å². The van der Waals surface area contributed by atoms with Gasteiger partial charge in [0, 0.05) is 37.4 Å². The Labute approximate surface area is 176 Å². The van der Waals surface area contributed by atoms with Gasteiger partial charge in [0.05, 0.1) is 17.6 Å². The molecule has 0 unspecified atom stereocenters. The van der Waals surface area contributed by atoms with Crippen LogP contribution in [0.25, 0.3) is 0 Å². The summed E-state index contributed by atoms with van der Waals surface area (Å²) in [6.45, 7) is 3.94. The number of anilines is 1. The number of likely N-dealkylation sites (N-methyl/N-ethyl adjacent to an activating group) is 1. The van der Waals surface area contributed by atoms with Crippen molar-refractivity contribution >= 4 is 27.6 Å². The van der Waals surface area contributed by atoms with Gasteiger partial charge in [0.25, 0.3) is 5.91 Å². The minimum absolute atomic E-state index is 0.0831. The molecule has 1 fully saturated rings. The molecule has 0 saturated carbocycles. The van der Waals surface area contributed by atoms with Crippen LogP contribution in [0.4, 0.5) is 5.69 Å². The van der Waals surface area contributed by atoms with Crippen molar-refractivity contribution in [3.05, 3.63) is 59.2 Å². The van der Waals surface area contributed by atoms with Gasteiger partial charge in [-0.25, -0.2) is 13.2 Å². The third kappa shape index (κ3) is 4.69. The zero-order valence-corrected chi connectivity index (χ0v) is 18.0. The zero-order chi connectivity index (χ0) is 21.9. The molecule has 0 aromatic heterocycles. The first-order valence-corrected chi connectivity index (χ1v) is 11.0. The summed E-state index contributed by atoms with van der Waals surface area (Å²) in [6.07, 6.45) is 0. The van der Waals surface area contributed by atoms with Gasteiger partial charge in [0.2, 0.25) is 10.0 Å². The molecule has 3 rings (SSSR count). The maximum absolute atomic E-state index is 13.0. The Balaban J connectivity index is 1.82. The highest BCUT2D eigenvalue weighted by molar-refractivity contribution is 7.89. The van der Waals surface area contributed by atoms with Gasteiger partial charge in [-0.2, -0.15) is 4.31 Å². The maximum Gasteiger partial charge on any atom is 0.337 e. The van der Waals surface area contributed by atoms with Crippen LogP contribution >= 0.6 is 0 Å². The lowest BCUT2D eigenvalue weighted by atomic mass is 10.1. The second-order valence-corrected chi connectivity index (χ2v) is 9.15. The number of ether oxygens (including phenoxy) is 1. The molecule has 1 amide bonds. The highest BCUT2D eigenvalue weighted by Gasteiger charge is 2.28. The van der Waals surface area contributed by atoms with Crippen molar-refractivity contribution in [2.24, 2.45) is 0 Å². The van der Waals surface area contributed by atoms with E-state index in [-0.39, 0.29) is 10.5 Å². The predicted molar refractivity (Wildman–Crippen MR) is 113 cm³/mol. The number of carbonyl (C=O) groups is 2. The molecule has 2 aromatic carbocycles. The molecule has 0 spiro atoms. The van der Waals surface area contributed by atoms with Gasteiger partial charge in [-0.3, -0.25) is 4.79 Å². The number of aryl methyl sites for hydroxylation is 1. The van der Waals surface area contributed by atoms with Crippen LogP contribution in [0, 0.1) is 6.92 Å². The number of sulfonamides is 1. The molecule has 0 bridgehead atoms. The number of carbonyl (C=O) groups excluding carboxylic acids is 2. The van der Waals surface area contributed by atoms with E-state index in [2.05, 4.69) is 10.2 Å². The van der Waals surface area contributed by atoms with Crippen LogP contribution in [-0.4, -0.2) is 69.8 Å². The molecule has 1 heterocycles. The van der Waals surface area contributed by atoms with Gasteiger partial charge in [-0.15, -0.1) is 0 Å². The third-order valence-electron chi connectivity index (χ3n) is 5.10. The SMILES string of the molecule is COC(=O)c1ccc(C)c(NC(=O)c2cccc(S(=O)(=O)N3CCN(C)CC3)c2)c1. The standard InChI is InChI=1S/C21H25N3O5S/c1-15-7-8-17(21(26)29-3)14-19(15)22-20(25)16-5-4-6-18(13-16)30(27,28)24-11-9-23(2)10-12-24/h4-8,13-14H,9-12H2,1-3H3,(H,22,25). The fourth-order valence-corrected chi connectivity index (χ4v) is 4.64. The Bertz CT molecular complexity index is 1060. The van der Waals surface area contributed by atoms with Crippen LogP contribution in [0.2, 0.25) is 0 Å². The molecule has 1 aliphatic heterocycles. The van der Waals surface area contributed by atoms with Crippen molar-refractivity contribution in [2.75, 3.05) is 45.7 Å². The van der Waals surface area contributed by atoms with E-state index in [9.17, 15) is 18.0 Å². The Kier molecular flexibility index (Phi) is 6.55. The minimum atomic E-state index is -3.68. The first kappa shape index (κ1) is 21.9. The van der Waals surface area contributed by atoms with Crippen molar-refractivity contribution < 1.29 is 22.7 Å². The normalized spacial score (nSPS) is 15.6. The lowest BCUT2D eigenvalue weighted by Gasteiger charge is -2.31. The number of methoxy groups -OCH3 is 1. The van der Waals surface area contributed by atoms with E-state index in [1.165, 1.54) is 29.6 Å². The van der Waals surface area contributed by atoms with Crippen LogP contribution < -0.4 is 5.32 Å². The van der Waals surface area contributed by atoms with Crippen LogP contribution in [-0.2, 0) is 14.8 Å². The van der Waals surface area contributed by atoms with E-state index in [4.69, 9.17) is 4.74 Å². The second kappa shape index (κ2) is 8.95. The third-order valence-corrected chi connectivity index (χ3v) is 7.00. The second-order valence-electron chi connectivity index (χ2n) is 7.21. The van der Waals surface area contributed by atoms with Gasteiger partial charge in [0.1, 0.15) is 0 Å². The number of amides is 1. The molecular weight excluding hydrogens is 406 g/mol. The van der Waals surface area contributed by atoms with Gasteiger partial charge in [0.15, 0.2) is 0 Å². The lowest BCUT2D eigenvalue weighted by Crippen LogP contribution is -2.47. The fourth-order valence-electron chi connectivity index (χ4n) is 3.17. The molecular formula is C21H25N3O5S. The summed E-state index contributed by atoms with van der Waals surface area (Å²) < 4.78 is 32.1. The summed E-state index contributed by atoms with van der Waals surface area (Å²) in [7, 11) is -0.443. The van der Waals surface area contributed by atoms with E-state index < -0.39 is 21.9 Å². The molecule has 2 aromatic rings. The van der Waals surface area contributed by atoms with Gasteiger partial charge >= 0.3 is 5.97 Å². The summed E-state index contributed by atoms with van der Waals surface area (Å²) in [5.41, 5.74) is 1.74. The molecule has 30 heavy (non-hydrogen) atoms. The summed E-state index contributed by atoms with van der Waals surface area (Å²) in [6, 6.07) is 10.8. The van der Waals surface area contributed by atoms with Crippen LogP contribution in [0.5, 0.6) is 0 Å². The van der Waals surface area contributed by atoms with E-state index in [0.717, 1.165) is 5.56 Å². The lowest BCUT2D eigenvalue weighted by molar-refractivity contribution is 0.0600. The summed E-state index contributed by atoms with van der Waals surface area (Å²) in [5, 5.41) is 2.75. The summed E-state index contributed by atoms with van der Waals surface area (Å²) in [5.74, 6) is -0.971. The number of nitrogens with one attached hydrogen (secondary N) is 1. The monoisotopic (exact) mass is 431 g/mol. The van der Waals surface area contributed by atoms with Crippen molar-refractivity contribution in [3.63, 3.8) is 0 Å². The number of piperazine rings is 1. The first-order valence-electron chi connectivity index (χ1n) is 9.51. The van der Waals surface area contributed by atoms with Gasteiger partial charge < -0.3 is 15.0 Å². The number of hydrogen-bond donors (Lipinski definition) is 1. The van der Waals surface area contributed by atoms with Crippen molar-refractivity contribution in [1.29, 1.82) is 0 Å². The molecule has 0 radical (unpaired) electrons. The average Bonchev–Trinajstić information content (AvgIpc) is 2.75. The Hall–Kier alpha value is -2.75. The quantitative estimate of drug-likeness (QED) is 0.728. The molecule has 1 saturated heterocycles. The fraction of sp³-hybridized carbons (Fsp3) is 0.333. The van der Waals surface area contributed by atoms with Crippen molar-refractivity contribution in [1.82, 2.24) is 9.21 Å². The predicted octanol–water partition coefficient (Wildman–Crippen LogP) is 1.97. The number of benzene rings is 2. The van der Waals surface area contributed by atoms with E-state index in [1.54, 1.807) is 31.2 Å². The first-order chi connectivity index (χ1) is 14.2. The van der Waals surface area contributed by atoms with Gasteiger partial charge in [-0.05, 0) is 49.9 Å². The molecule has 8 nitrogen and oxygen atoms in total. The maximum atomic E-state index is 13.0. The molecule has 0 atom stereocenters. The Morgan fingerprint density at radius 1 is 1.00 bits per heavy atom. The van der Waals surface area contributed by atoms with Crippen molar-refractivity contribution in [3.8, 4) is 0 Å². The van der Waals surface area contributed by atoms with Crippen LogP contribution in [0.15, 0.2) is 47.4 Å². The minimum Gasteiger partial charge on any atom is -0.465 e. The molecule has 1 N–H and O–H groups in total. The average molecular weight is 432 g/mol. The summed E-state index contributed by atoms with van der Waals surface area (Å²) >= 11 is 0. The van der Waals surface area contributed by atoms with Gasteiger partial charge in [-0.1, -0.05) is 12.1 Å². The zero-order valence-electron chi connectivity index (χ0n) is 17.2. The van der Waals surface area contributed by atoms with Crippen molar-refractivity contribution in [2.45, 2.75) is 11.8 Å².